The number of ether oxygens (including phenoxy) is 2. The van der Waals surface area contributed by atoms with E-state index in [9.17, 15) is 22.4 Å². The lowest BCUT2D eigenvalue weighted by Crippen LogP contribution is -2.32. The molecule has 0 atom stereocenters. The Morgan fingerprint density at radius 1 is 1.06 bits per heavy atom. The molecule has 3 rings (SSSR count). The van der Waals surface area contributed by atoms with Crippen LogP contribution in [0.25, 0.3) is 22.8 Å². The average Bonchev–Trinajstić information content (AvgIpc) is 3.25. The van der Waals surface area contributed by atoms with Crippen LogP contribution in [0.3, 0.4) is 0 Å². The summed E-state index contributed by atoms with van der Waals surface area (Å²) in [6.45, 7) is 4.13. The van der Waals surface area contributed by atoms with Crippen molar-refractivity contribution in [2.45, 2.75) is 39.1 Å². The summed E-state index contributed by atoms with van der Waals surface area (Å²) in [7, 11) is 0. The summed E-state index contributed by atoms with van der Waals surface area (Å²) in [5.41, 5.74) is -0.281. The summed E-state index contributed by atoms with van der Waals surface area (Å²) < 4.78 is 67.7. The number of carbonyl (C=O) groups excluding carboxylic acids is 1. The highest BCUT2D eigenvalue weighted by Crippen LogP contribution is 2.38. The van der Waals surface area contributed by atoms with Crippen LogP contribution in [0.4, 0.5) is 22.4 Å². The van der Waals surface area contributed by atoms with Crippen molar-refractivity contribution in [1.29, 1.82) is 0 Å². The van der Waals surface area contributed by atoms with Crippen molar-refractivity contribution >= 4 is 6.09 Å². The number of nitrogens with one attached hydrogen (secondary N) is 1. The van der Waals surface area contributed by atoms with Crippen LogP contribution < -0.4 is 10.1 Å². The van der Waals surface area contributed by atoms with Gasteiger partial charge in [0.15, 0.2) is 0 Å². The zero-order valence-electron chi connectivity index (χ0n) is 18.7. The van der Waals surface area contributed by atoms with Crippen LogP contribution in [0.15, 0.2) is 47.0 Å². The van der Waals surface area contributed by atoms with Crippen LogP contribution in [0.1, 0.15) is 31.9 Å². The summed E-state index contributed by atoms with van der Waals surface area (Å²) in [6, 6.07) is 10.1. The number of alkyl carbamates (subject to hydrolysis) is 1. The van der Waals surface area contributed by atoms with E-state index in [1.54, 1.807) is 45.0 Å². The van der Waals surface area contributed by atoms with Crippen LogP contribution in [-0.4, -0.2) is 35.1 Å². The van der Waals surface area contributed by atoms with Gasteiger partial charge in [-0.05, 0) is 44.5 Å². The van der Waals surface area contributed by atoms with Crippen molar-refractivity contribution in [2.75, 3.05) is 13.3 Å². The fourth-order valence-corrected chi connectivity index (χ4v) is 2.88. The molecule has 0 saturated carbocycles. The summed E-state index contributed by atoms with van der Waals surface area (Å²) in [6.07, 6.45) is -5.26. The van der Waals surface area contributed by atoms with E-state index >= 15 is 0 Å². The molecule has 34 heavy (non-hydrogen) atoms. The largest absolute Gasteiger partial charge is 0.490 e. The number of alkyl halides is 4. The Morgan fingerprint density at radius 3 is 2.35 bits per heavy atom. The highest BCUT2D eigenvalue weighted by atomic mass is 19.4. The van der Waals surface area contributed by atoms with Gasteiger partial charge in [-0.2, -0.15) is 18.2 Å². The van der Waals surface area contributed by atoms with Gasteiger partial charge in [0.2, 0.25) is 5.82 Å². The van der Waals surface area contributed by atoms with E-state index in [-0.39, 0.29) is 23.8 Å². The second kappa shape index (κ2) is 10.1. The Bertz CT molecular complexity index is 1120. The van der Waals surface area contributed by atoms with Crippen molar-refractivity contribution in [2.24, 2.45) is 0 Å². The van der Waals surface area contributed by atoms with Gasteiger partial charge < -0.3 is 19.3 Å². The average molecular weight is 481 g/mol. The molecular weight excluding hydrogens is 458 g/mol. The number of nitrogens with zero attached hydrogens (tertiary/aromatic N) is 2. The van der Waals surface area contributed by atoms with E-state index in [1.807, 2.05) is 0 Å². The standard InChI is InChI=1S/C23H23F4N3O4/c1-22(2,3)33-21(31)28-13-14-4-6-15(7-5-14)19-29-20(34-30-19)16-8-9-18(32-11-10-24)17(12-16)23(25,26)27/h4-9,12H,10-11,13H2,1-3H3,(H,28,31). The van der Waals surface area contributed by atoms with Crippen molar-refractivity contribution in [1.82, 2.24) is 15.5 Å². The highest BCUT2D eigenvalue weighted by Gasteiger charge is 2.35. The van der Waals surface area contributed by atoms with E-state index in [1.165, 1.54) is 6.07 Å². The minimum absolute atomic E-state index is 0.0388. The molecule has 7 nitrogen and oxygen atoms in total. The number of aromatic nitrogens is 2. The van der Waals surface area contributed by atoms with E-state index in [0.717, 1.165) is 17.7 Å². The maximum absolute atomic E-state index is 13.4. The number of halogens is 4. The number of hydrogen-bond donors (Lipinski definition) is 1. The molecule has 0 fully saturated rings. The Hall–Kier alpha value is -3.63. The van der Waals surface area contributed by atoms with Crippen molar-refractivity contribution < 1.29 is 36.4 Å². The first-order chi connectivity index (χ1) is 16.0. The van der Waals surface area contributed by atoms with Gasteiger partial charge in [0.05, 0.1) is 5.56 Å². The third-order valence-corrected chi connectivity index (χ3v) is 4.34. The molecule has 182 valence electrons. The molecule has 1 heterocycles. The molecule has 0 radical (unpaired) electrons. The molecule has 0 aliphatic heterocycles. The topological polar surface area (TPSA) is 86.5 Å². The molecule has 2 aromatic carbocycles. The summed E-state index contributed by atoms with van der Waals surface area (Å²) in [5.74, 6) is -0.426. The van der Waals surface area contributed by atoms with E-state index < -0.39 is 42.5 Å². The van der Waals surface area contributed by atoms with Gasteiger partial charge in [0.25, 0.3) is 5.89 Å². The Morgan fingerprint density at radius 2 is 1.74 bits per heavy atom. The minimum atomic E-state index is -4.71. The van der Waals surface area contributed by atoms with Gasteiger partial charge in [-0.25, -0.2) is 9.18 Å². The van der Waals surface area contributed by atoms with Crippen LogP contribution in [-0.2, 0) is 17.5 Å². The summed E-state index contributed by atoms with van der Waals surface area (Å²) in [5, 5.41) is 6.47. The first-order valence-corrected chi connectivity index (χ1v) is 10.3. The van der Waals surface area contributed by atoms with E-state index in [2.05, 4.69) is 15.5 Å². The SMILES string of the molecule is CC(C)(C)OC(=O)NCc1ccc(-c2noc(-c3ccc(OCCF)c(C(F)(F)F)c3)n2)cc1. The van der Waals surface area contributed by atoms with Crippen molar-refractivity contribution in [3.63, 3.8) is 0 Å². The van der Waals surface area contributed by atoms with Crippen LogP contribution in [0.5, 0.6) is 5.75 Å². The lowest BCUT2D eigenvalue weighted by molar-refractivity contribution is -0.138. The van der Waals surface area contributed by atoms with Gasteiger partial charge in [-0.1, -0.05) is 29.4 Å². The fraction of sp³-hybridized carbons (Fsp3) is 0.348. The molecular formula is C23H23F4N3O4. The molecule has 0 aliphatic rings. The van der Waals surface area contributed by atoms with Crippen LogP contribution in [0, 0.1) is 0 Å². The summed E-state index contributed by atoms with van der Waals surface area (Å²) in [4.78, 5) is 15.9. The second-order valence-electron chi connectivity index (χ2n) is 8.22. The molecule has 0 spiro atoms. The lowest BCUT2D eigenvalue weighted by Gasteiger charge is -2.19. The van der Waals surface area contributed by atoms with Crippen LogP contribution >= 0.6 is 0 Å². The maximum atomic E-state index is 13.4. The normalized spacial score (nSPS) is 11.9. The van der Waals surface area contributed by atoms with Gasteiger partial charge in [-0.3, -0.25) is 0 Å². The number of hydrogen-bond acceptors (Lipinski definition) is 6. The predicted molar refractivity (Wildman–Crippen MR) is 115 cm³/mol. The molecule has 0 unspecified atom stereocenters. The fourth-order valence-electron chi connectivity index (χ4n) is 2.88. The second-order valence-corrected chi connectivity index (χ2v) is 8.22. The molecule has 0 saturated heterocycles. The Kier molecular flexibility index (Phi) is 7.43. The lowest BCUT2D eigenvalue weighted by atomic mass is 10.1. The molecule has 1 aromatic heterocycles. The third kappa shape index (κ3) is 6.69. The van der Waals surface area contributed by atoms with Crippen LogP contribution in [0.2, 0.25) is 0 Å². The van der Waals surface area contributed by atoms with Crippen molar-refractivity contribution in [3.05, 3.63) is 53.6 Å². The van der Waals surface area contributed by atoms with E-state index in [0.29, 0.717) is 5.56 Å². The zero-order chi connectivity index (χ0) is 24.9. The Balaban J connectivity index is 1.73. The Labute approximate surface area is 193 Å². The first-order valence-electron chi connectivity index (χ1n) is 10.3. The number of rotatable bonds is 7. The monoisotopic (exact) mass is 481 g/mol. The molecule has 1 amide bonds. The van der Waals surface area contributed by atoms with Gasteiger partial charge in [-0.15, -0.1) is 0 Å². The third-order valence-electron chi connectivity index (χ3n) is 4.34. The highest BCUT2D eigenvalue weighted by molar-refractivity contribution is 5.68. The molecule has 1 N–H and O–H groups in total. The van der Waals surface area contributed by atoms with Gasteiger partial charge in [0.1, 0.15) is 24.6 Å². The molecule has 0 aliphatic carbocycles. The first kappa shape index (κ1) is 25.0. The quantitative estimate of drug-likeness (QED) is 0.430. The maximum Gasteiger partial charge on any atom is 0.419 e. The summed E-state index contributed by atoms with van der Waals surface area (Å²) >= 11 is 0. The van der Waals surface area contributed by atoms with Gasteiger partial charge >= 0.3 is 12.3 Å². The molecule has 0 bridgehead atoms. The van der Waals surface area contributed by atoms with E-state index in [4.69, 9.17) is 14.0 Å². The van der Waals surface area contributed by atoms with Gasteiger partial charge in [0, 0.05) is 17.7 Å². The number of amides is 1. The number of benzene rings is 2. The predicted octanol–water partition coefficient (Wildman–Crippen LogP) is 5.80. The molecule has 11 heteroatoms. The zero-order valence-corrected chi connectivity index (χ0v) is 18.7. The van der Waals surface area contributed by atoms with Crippen molar-refractivity contribution in [3.8, 4) is 28.6 Å². The minimum Gasteiger partial charge on any atom is -0.490 e. The smallest absolute Gasteiger partial charge is 0.419 e. The number of carbonyl (C=O) groups is 1. The molecule has 3 aromatic rings.